The lowest BCUT2D eigenvalue weighted by Gasteiger charge is -2.31. The fraction of sp³-hybridized carbons (Fsp3) is 0.357. The van der Waals surface area contributed by atoms with Gasteiger partial charge in [-0.25, -0.2) is 4.98 Å². The Balaban J connectivity index is 1.23. The molecule has 0 radical (unpaired) electrons. The Bertz CT molecular complexity index is 1490. The number of aromatic amines is 1. The van der Waals surface area contributed by atoms with Crippen LogP contribution >= 0.6 is 11.6 Å². The molecule has 38 heavy (non-hydrogen) atoms. The monoisotopic (exact) mass is 544 g/mol. The van der Waals surface area contributed by atoms with Crippen molar-refractivity contribution in [1.29, 1.82) is 0 Å². The first kappa shape index (κ1) is 26.2. The van der Waals surface area contributed by atoms with Gasteiger partial charge < -0.3 is 20.4 Å². The van der Waals surface area contributed by atoms with E-state index in [0.717, 1.165) is 46.8 Å². The first-order valence-electron chi connectivity index (χ1n) is 12.5. The van der Waals surface area contributed by atoms with Gasteiger partial charge in [-0.3, -0.25) is 4.79 Å². The van der Waals surface area contributed by atoms with Crippen LogP contribution in [0, 0.1) is 6.92 Å². The zero-order chi connectivity index (χ0) is 27.0. The lowest BCUT2D eigenvalue weighted by Crippen LogP contribution is -2.40. The van der Waals surface area contributed by atoms with Gasteiger partial charge in [-0.05, 0) is 80.6 Å². The largest absolute Gasteiger partial charge is 0.497 e. The third-order valence-electron chi connectivity index (χ3n) is 7.18. The summed E-state index contributed by atoms with van der Waals surface area (Å²) in [7, 11) is 1.61. The maximum absolute atomic E-state index is 13.4. The van der Waals surface area contributed by atoms with E-state index in [2.05, 4.69) is 20.6 Å². The average Bonchev–Trinajstić information content (AvgIpc) is 3.18. The number of amides is 1. The van der Waals surface area contributed by atoms with Crippen LogP contribution in [0.25, 0.3) is 21.8 Å². The molecule has 4 aromatic rings. The van der Waals surface area contributed by atoms with Crippen molar-refractivity contribution in [3.63, 3.8) is 0 Å². The summed E-state index contributed by atoms with van der Waals surface area (Å²) >= 11 is 6.11. The van der Waals surface area contributed by atoms with Gasteiger partial charge in [0, 0.05) is 44.8 Å². The molecule has 6 nitrogen and oxygen atoms in total. The van der Waals surface area contributed by atoms with Crippen molar-refractivity contribution in [3.05, 3.63) is 64.4 Å². The number of rotatable bonds is 6. The summed E-state index contributed by atoms with van der Waals surface area (Å²) in [6, 6.07) is 11.4. The summed E-state index contributed by atoms with van der Waals surface area (Å²) < 4.78 is 45.7. The van der Waals surface area contributed by atoms with E-state index in [0.29, 0.717) is 28.9 Å². The maximum Gasteiger partial charge on any atom is 0.433 e. The molecule has 5 rings (SSSR count). The first-order valence-corrected chi connectivity index (χ1v) is 12.9. The smallest absolute Gasteiger partial charge is 0.433 e. The van der Waals surface area contributed by atoms with E-state index in [1.807, 2.05) is 25.1 Å². The summed E-state index contributed by atoms with van der Waals surface area (Å²) in [5.74, 6) is 0.674. The molecule has 200 valence electrons. The summed E-state index contributed by atoms with van der Waals surface area (Å²) in [5.41, 5.74) is 2.49. The molecule has 0 atom stereocenters. The third-order valence-corrected chi connectivity index (χ3v) is 7.41. The Morgan fingerprint density at radius 3 is 2.53 bits per heavy atom. The predicted octanol–water partition coefficient (Wildman–Crippen LogP) is 6.79. The van der Waals surface area contributed by atoms with Crippen molar-refractivity contribution in [2.75, 3.05) is 12.4 Å². The molecule has 2 heterocycles. The quantitative estimate of drug-likeness (QED) is 0.250. The van der Waals surface area contributed by atoms with Crippen molar-refractivity contribution in [1.82, 2.24) is 15.3 Å². The number of ether oxygens (including phenoxy) is 1. The molecule has 0 spiro atoms. The van der Waals surface area contributed by atoms with E-state index in [1.54, 1.807) is 13.2 Å². The Hall–Kier alpha value is -3.46. The number of methoxy groups -OCH3 is 1. The number of alkyl halides is 3. The molecule has 1 fully saturated rings. The van der Waals surface area contributed by atoms with E-state index >= 15 is 0 Å². The molecule has 2 aromatic carbocycles. The minimum absolute atomic E-state index is 0.00922. The van der Waals surface area contributed by atoms with Gasteiger partial charge >= 0.3 is 6.18 Å². The van der Waals surface area contributed by atoms with Crippen molar-refractivity contribution in [2.45, 2.75) is 57.3 Å². The van der Waals surface area contributed by atoms with Gasteiger partial charge in [0.1, 0.15) is 11.4 Å². The molecule has 0 unspecified atom stereocenters. The standard InChI is InChI=1S/C28H28ClF3N4O2/c1-15-20(21-12-19(38-2)8-10-23(21)33-15)13-27(37)35-18-6-4-17(5-7-18)34-25-14-26(28(30,31)32)36-24-9-3-16(29)11-22(24)25/h3,8-12,14,17-18,33H,4-7,13H2,1-2H3,(H,34,36)(H,35,37). The van der Waals surface area contributed by atoms with Gasteiger partial charge in [0.05, 0.1) is 19.0 Å². The number of pyridine rings is 1. The Labute approximate surface area is 222 Å². The molecule has 10 heteroatoms. The van der Waals surface area contributed by atoms with Crippen LogP contribution in [0.2, 0.25) is 5.02 Å². The van der Waals surface area contributed by atoms with Crippen LogP contribution in [0.3, 0.4) is 0 Å². The molecule has 1 saturated carbocycles. The number of aromatic nitrogens is 2. The average molecular weight is 545 g/mol. The molecule has 0 aliphatic heterocycles. The maximum atomic E-state index is 13.4. The van der Waals surface area contributed by atoms with E-state index in [9.17, 15) is 18.0 Å². The van der Waals surface area contributed by atoms with Crippen LogP contribution in [-0.2, 0) is 17.4 Å². The van der Waals surface area contributed by atoms with Crippen molar-refractivity contribution >= 4 is 45.0 Å². The SMILES string of the molecule is COc1ccc2[nH]c(C)c(CC(=O)NC3CCC(Nc4cc(C(F)(F)F)nc5ccc(Cl)cc45)CC3)c2c1. The van der Waals surface area contributed by atoms with Crippen molar-refractivity contribution in [3.8, 4) is 5.75 Å². The summed E-state index contributed by atoms with van der Waals surface area (Å²) in [5, 5.41) is 8.37. The number of nitrogens with zero attached hydrogens (tertiary/aromatic N) is 1. The number of anilines is 1. The topological polar surface area (TPSA) is 79.0 Å². The van der Waals surface area contributed by atoms with Gasteiger partial charge in [0.15, 0.2) is 0 Å². The van der Waals surface area contributed by atoms with Crippen LogP contribution in [0.5, 0.6) is 5.75 Å². The van der Waals surface area contributed by atoms with Gasteiger partial charge in [-0.2, -0.15) is 13.2 Å². The number of aryl methyl sites for hydroxylation is 1. The molecule has 0 bridgehead atoms. The molecular weight excluding hydrogens is 517 g/mol. The summed E-state index contributed by atoms with van der Waals surface area (Å²) in [6.45, 7) is 1.95. The molecule has 1 aliphatic rings. The second-order valence-corrected chi connectivity index (χ2v) is 10.2. The number of benzene rings is 2. The van der Waals surface area contributed by atoms with E-state index in [4.69, 9.17) is 16.3 Å². The number of carbonyl (C=O) groups excluding carboxylic acids is 1. The molecular formula is C28H28ClF3N4O2. The lowest BCUT2D eigenvalue weighted by atomic mass is 9.90. The second-order valence-electron chi connectivity index (χ2n) is 9.79. The van der Waals surface area contributed by atoms with E-state index in [-0.39, 0.29) is 29.9 Å². The molecule has 0 saturated heterocycles. The minimum Gasteiger partial charge on any atom is -0.497 e. The summed E-state index contributed by atoms with van der Waals surface area (Å²) in [4.78, 5) is 20.0. The highest BCUT2D eigenvalue weighted by molar-refractivity contribution is 6.31. The molecule has 1 amide bonds. The van der Waals surface area contributed by atoms with Crippen molar-refractivity contribution < 1.29 is 22.7 Å². The van der Waals surface area contributed by atoms with Crippen LogP contribution < -0.4 is 15.4 Å². The van der Waals surface area contributed by atoms with Gasteiger partial charge in [0.25, 0.3) is 0 Å². The Morgan fingerprint density at radius 2 is 1.82 bits per heavy atom. The highest BCUT2D eigenvalue weighted by Gasteiger charge is 2.34. The molecule has 1 aliphatic carbocycles. The normalized spacial score (nSPS) is 18.1. The number of hydrogen-bond acceptors (Lipinski definition) is 4. The van der Waals surface area contributed by atoms with Crippen molar-refractivity contribution in [2.24, 2.45) is 0 Å². The molecule has 3 N–H and O–H groups in total. The number of nitrogens with one attached hydrogen (secondary N) is 3. The third kappa shape index (κ3) is 5.53. The number of hydrogen-bond donors (Lipinski definition) is 3. The number of fused-ring (bicyclic) bond motifs is 2. The van der Waals surface area contributed by atoms with Gasteiger partial charge in [0.2, 0.25) is 5.91 Å². The van der Waals surface area contributed by atoms with Gasteiger partial charge in [-0.15, -0.1) is 0 Å². The zero-order valence-corrected chi connectivity index (χ0v) is 21.8. The Morgan fingerprint density at radius 1 is 1.08 bits per heavy atom. The minimum atomic E-state index is -4.56. The number of halogens is 4. The number of H-pyrrole nitrogens is 1. The fourth-order valence-corrected chi connectivity index (χ4v) is 5.39. The first-order chi connectivity index (χ1) is 18.1. The zero-order valence-electron chi connectivity index (χ0n) is 21.0. The number of carbonyl (C=O) groups is 1. The van der Waals surface area contributed by atoms with E-state index in [1.165, 1.54) is 12.1 Å². The van der Waals surface area contributed by atoms with Gasteiger partial charge in [-0.1, -0.05) is 11.6 Å². The highest BCUT2D eigenvalue weighted by atomic mass is 35.5. The van der Waals surface area contributed by atoms with Crippen LogP contribution in [0.4, 0.5) is 18.9 Å². The summed E-state index contributed by atoms with van der Waals surface area (Å²) in [6.07, 6.45) is -1.44. The van der Waals surface area contributed by atoms with Crippen LogP contribution in [-0.4, -0.2) is 35.1 Å². The predicted molar refractivity (Wildman–Crippen MR) is 143 cm³/mol. The second kappa shape index (κ2) is 10.4. The Kier molecular flexibility index (Phi) is 7.13. The van der Waals surface area contributed by atoms with Crippen LogP contribution in [0.1, 0.15) is 42.6 Å². The lowest BCUT2D eigenvalue weighted by molar-refractivity contribution is -0.140. The molecule has 2 aromatic heterocycles. The fourth-order valence-electron chi connectivity index (χ4n) is 5.22. The van der Waals surface area contributed by atoms with Crippen LogP contribution in [0.15, 0.2) is 42.5 Å². The van der Waals surface area contributed by atoms with E-state index < -0.39 is 11.9 Å². The highest BCUT2D eigenvalue weighted by Crippen LogP contribution is 2.35.